The van der Waals surface area contributed by atoms with Crippen LogP contribution in [0.4, 0.5) is 5.82 Å². The summed E-state index contributed by atoms with van der Waals surface area (Å²) >= 11 is 0. The molecular formula is C9H14N4O2. The maximum absolute atomic E-state index is 11.3. The highest BCUT2D eigenvalue weighted by molar-refractivity contribution is 5.91. The smallest absolute Gasteiger partial charge is 0.239 e. The second-order valence-electron chi connectivity index (χ2n) is 2.83. The van der Waals surface area contributed by atoms with Gasteiger partial charge in [0, 0.05) is 19.9 Å². The highest BCUT2D eigenvalue weighted by Gasteiger charge is 2.01. The molecule has 0 unspecified atom stereocenters. The van der Waals surface area contributed by atoms with Crippen LogP contribution < -0.4 is 10.6 Å². The largest absolute Gasteiger partial charge is 0.383 e. The van der Waals surface area contributed by atoms with Crippen LogP contribution in [0.25, 0.3) is 0 Å². The summed E-state index contributed by atoms with van der Waals surface area (Å²) in [7, 11) is 1.61. The zero-order chi connectivity index (χ0) is 10.9. The molecule has 0 bridgehead atoms. The number of rotatable bonds is 6. The van der Waals surface area contributed by atoms with Gasteiger partial charge in [-0.05, 0) is 12.1 Å². The molecule has 6 heteroatoms. The lowest BCUT2D eigenvalue weighted by Gasteiger charge is -2.04. The number of amides is 1. The molecule has 2 N–H and O–H groups in total. The molecule has 1 heterocycles. The molecule has 0 aliphatic carbocycles. The van der Waals surface area contributed by atoms with Crippen molar-refractivity contribution in [2.24, 2.45) is 0 Å². The topological polar surface area (TPSA) is 76.1 Å². The van der Waals surface area contributed by atoms with Gasteiger partial charge in [0.1, 0.15) is 0 Å². The first-order valence-electron chi connectivity index (χ1n) is 4.60. The lowest BCUT2D eigenvalue weighted by Crippen LogP contribution is -2.30. The first kappa shape index (κ1) is 11.5. The summed E-state index contributed by atoms with van der Waals surface area (Å²) in [6, 6.07) is 3.39. The van der Waals surface area contributed by atoms with Crippen LogP contribution in [0.2, 0.25) is 0 Å². The van der Waals surface area contributed by atoms with Gasteiger partial charge in [0.05, 0.1) is 13.2 Å². The Labute approximate surface area is 88.0 Å². The lowest BCUT2D eigenvalue weighted by atomic mass is 10.5. The molecule has 0 spiro atoms. The Morgan fingerprint density at radius 2 is 2.47 bits per heavy atom. The van der Waals surface area contributed by atoms with Crippen molar-refractivity contribution in [2.45, 2.75) is 0 Å². The number of methoxy groups -OCH3 is 1. The van der Waals surface area contributed by atoms with Crippen LogP contribution in [0, 0.1) is 0 Å². The van der Waals surface area contributed by atoms with E-state index in [2.05, 4.69) is 20.8 Å². The van der Waals surface area contributed by atoms with E-state index in [1.54, 1.807) is 25.4 Å². The molecule has 0 atom stereocenters. The van der Waals surface area contributed by atoms with Gasteiger partial charge in [-0.2, -0.15) is 5.10 Å². The number of carbonyl (C=O) groups excluding carboxylic acids is 1. The van der Waals surface area contributed by atoms with E-state index >= 15 is 0 Å². The highest BCUT2D eigenvalue weighted by atomic mass is 16.5. The summed E-state index contributed by atoms with van der Waals surface area (Å²) in [5.74, 6) is 0.308. The van der Waals surface area contributed by atoms with Crippen molar-refractivity contribution in [3.05, 3.63) is 18.3 Å². The number of hydrogen-bond donors (Lipinski definition) is 2. The SMILES string of the molecule is COCCNCC(=O)Nc1cccnn1. The Hall–Kier alpha value is -1.53. The van der Waals surface area contributed by atoms with Crippen LogP contribution in [-0.2, 0) is 9.53 Å². The first-order valence-corrected chi connectivity index (χ1v) is 4.60. The summed E-state index contributed by atoms with van der Waals surface area (Å²) in [4.78, 5) is 11.3. The van der Waals surface area contributed by atoms with E-state index in [4.69, 9.17) is 4.74 Å². The normalized spacial score (nSPS) is 9.93. The zero-order valence-corrected chi connectivity index (χ0v) is 8.56. The predicted molar refractivity (Wildman–Crippen MR) is 55.4 cm³/mol. The van der Waals surface area contributed by atoms with Crippen molar-refractivity contribution in [1.82, 2.24) is 15.5 Å². The Balaban J connectivity index is 2.19. The third-order valence-corrected chi connectivity index (χ3v) is 1.61. The van der Waals surface area contributed by atoms with Gasteiger partial charge < -0.3 is 15.4 Å². The summed E-state index contributed by atoms with van der Waals surface area (Å²) in [6.45, 7) is 1.46. The number of carbonyl (C=O) groups is 1. The van der Waals surface area contributed by atoms with E-state index < -0.39 is 0 Å². The fourth-order valence-electron chi connectivity index (χ4n) is 0.931. The third kappa shape index (κ3) is 5.04. The molecule has 0 aliphatic rings. The fourth-order valence-corrected chi connectivity index (χ4v) is 0.931. The van der Waals surface area contributed by atoms with E-state index in [0.29, 0.717) is 19.0 Å². The van der Waals surface area contributed by atoms with E-state index in [9.17, 15) is 4.79 Å². The number of hydrogen-bond acceptors (Lipinski definition) is 5. The number of nitrogens with one attached hydrogen (secondary N) is 2. The van der Waals surface area contributed by atoms with E-state index in [1.165, 1.54) is 0 Å². The second-order valence-corrected chi connectivity index (χ2v) is 2.83. The molecule has 0 saturated heterocycles. The fraction of sp³-hybridized carbons (Fsp3) is 0.444. The average Bonchev–Trinajstić information content (AvgIpc) is 2.26. The van der Waals surface area contributed by atoms with Crippen molar-refractivity contribution < 1.29 is 9.53 Å². The summed E-state index contributed by atoms with van der Waals surface area (Å²) in [5, 5.41) is 12.9. The van der Waals surface area contributed by atoms with Gasteiger partial charge in [0.15, 0.2) is 5.82 Å². The standard InChI is InChI=1S/C9H14N4O2/c1-15-6-5-10-7-9(14)12-8-3-2-4-11-13-8/h2-4,10H,5-7H2,1H3,(H,12,13,14). The molecular weight excluding hydrogens is 196 g/mol. The van der Waals surface area contributed by atoms with Crippen LogP contribution in [-0.4, -0.2) is 42.9 Å². The van der Waals surface area contributed by atoms with Crippen LogP contribution in [0.1, 0.15) is 0 Å². The maximum Gasteiger partial charge on any atom is 0.239 e. The minimum Gasteiger partial charge on any atom is -0.383 e. The Morgan fingerprint density at radius 1 is 1.60 bits per heavy atom. The quantitative estimate of drug-likeness (QED) is 0.628. The van der Waals surface area contributed by atoms with Crippen LogP contribution in [0.3, 0.4) is 0 Å². The monoisotopic (exact) mass is 210 g/mol. The van der Waals surface area contributed by atoms with Gasteiger partial charge in [-0.1, -0.05) is 0 Å². The van der Waals surface area contributed by atoms with Gasteiger partial charge in [-0.3, -0.25) is 4.79 Å². The van der Waals surface area contributed by atoms with E-state index in [-0.39, 0.29) is 12.5 Å². The number of anilines is 1. The molecule has 15 heavy (non-hydrogen) atoms. The Morgan fingerprint density at radius 3 is 3.13 bits per heavy atom. The van der Waals surface area contributed by atoms with Gasteiger partial charge in [0.25, 0.3) is 0 Å². The first-order chi connectivity index (χ1) is 7.33. The molecule has 0 fully saturated rings. The van der Waals surface area contributed by atoms with Crippen molar-refractivity contribution in [3.63, 3.8) is 0 Å². The zero-order valence-electron chi connectivity index (χ0n) is 8.56. The maximum atomic E-state index is 11.3. The van der Waals surface area contributed by atoms with Gasteiger partial charge in [0.2, 0.25) is 5.91 Å². The molecule has 0 aliphatic heterocycles. The highest BCUT2D eigenvalue weighted by Crippen LogP contribution is 1.96. The molecule has 1 aromatic heterocycles. The molecule has 0 radical (unpaired) electrons. The Bertz CT molecular complexity index is 291. The van der Waals surface area contributed by atoms with Crippen LogP contribution in [0.5, 0.6) is 0 Å². The molecule has 82 valence electrons. The number of aromatic nitrogens is 2. The minimum absolute atomic E-state index is 0.147. The molecule has 6 nitrogen and oxygen atoms in total. The van der Waals surface area contributed by atoms with Crippen LogP contribution in [0.15, 0.2) is 18.3 Å². The second kappa shape index (κ2) is 6.86. The van der Waals surface area contributed by atoms with Crippen molar-refractivity contribution in [2.75, 3.05) is 32.1 Å². The summed E-state index contributed by atoms with van der Waals surface area (Å²) in [5.41, 5.74) is 0. The van der Waals surface area contributed by atoms with Gasteiger partial charge in [-0.15, -0.1) is 5.10 Å². The third-order valence-electron chi connectivity index (χ3n) is 1.61. The average molecular weight is 210 g/mol. The van der Waals surface area contributed by atoms with E-state index in [1.807, 2.05) is 0 Å². The summed E-state index contributed by atoms with van der Waals surface area (Å²) < 4.78 is 4.83. The minimum atomic E-state index is -0.147. The van der Waals surface area contributed by atoms with Crippen molar-refractivity contribution in [1.29, 1.82) is 0 Å². The molecule has 1 rings (SSSR count). The van der Waals surface area contributed by atoms with Gasteiger partial charge in [-0.25, -0.2) is 0 Å². The van der Waals surface area contributed by atoms with Crippen LogP contribution >= 0.6 is 0 Å². The number of ether oxygens (including phenoxy) is 1. The number of nitrogens with zero attached hydrogens (tertiary/aromatic N) is 2. The van der Waals surface area contributed by atoms with Gasteiger partial charge >= 0.3 is 0 Å². The summed E-state index contributed by atoms with van der Waals surface area (Å²) in [6.07, 6.45) is 1.55. The molecule has 1 amide bonds. The predicted octanol–water partition coefficient (Wildman–Crippen LogP) is -0.349. The van der Waals surface area contributed by atoms with E-state index in [0.717, 1.165) is 0 Å². The van der Waals surface area contributed by atoms with Crippen molar-refractivity contribution in [3.8, 4) is 0 Å². The lowest BCUT2D eigenvalue weighted by molar-refractivity contribution is -0.115. The molecule has 1 aromatic rings. The molecule has 0 saturated carbocycles. The Kier molecular flexibility index (Phi) is 5.28. The molecule has 0 aromatic carbocycles. The van der Waals surface area contributed by atoms with Crippen molar-refractivity contribution >= 4 is 11.7 Å².